The number of aromatic nitrogens is 4. The Labute approximate surface area is 243 Å². The van der Waals surface area contributed by atoms with Crippen molar-refractivity contribution in [3.63, 3.8) is 0 Å². The number of likely N-dealkylation sites (tertiary alicyclic amines) is 1. The lowest BCUT2D eigenvalue weighted by Gasteiger charge is -2.39. The second kappa shape index (κ2) is 10.8. The molecule has 2 amide bonds. The number of carbonyl (C=O) groups is 2. The van der Waals surface area contributed by atoms with E-state index < -0.39 is 5.60 Å². The third kappa shape index (κ3) is 5.60. The second-order valence-corrected chi connectivity index (χ2v) is 11.7. The molecule has 4 heterocycles. The fourth-order valence-electron chi connectivity index (χ4n) is 5.15. The van der Waals surface area contributed by atoms with Gasteiger partial charge in [0.1, 0.15) is 5.60 Å². The quantitative estimate of drug-likeness (QED) is 0.279. The number of fused-ring (bicyclic) bond motifs is 2. The van der Waals surface area contributed by atoms with Gasteiger partial charge in [0, 0.05) is 74.2 Å². The molecule has 10 nitrogen and oxygen atoms in total. The van der Waals surface area contributed by atoms with Gasteiger partial charge >= 0.3 is 6.09 Å². The molecule has 3 aromatic heterocycles. The van der Waals surface area contributed by atoms with E-state index >= 15 is 0 Å². The van der Waals surface area contributed by atoms with Crippen molar-refractivity contribution in [2.24, 2.45) is 13.0 Å². The summed E-state index contributed by atoms with van der Waals surface area (Å²) in [6.07, 6.45) is 8.32. The number of hydrogen-bond donors (Lipinski definition) is 2. The van der Waals surface area contributed by atoms with E-state index in [9.17, 15) is 9.59 Å². The number of aryl methyl sites for hydroxylation is 1. The summed E-state index contributed by atoms with van der Waals surface area (Å²) in [7, 11) is 2.03. The molecule has 0 saturated carbocycles. The van der Waals surface area contributed by atoms with Crippen LogP contribution in [0.3, 0.4) is 0 Å². The molecule has 1 aliphatic heterocycles. The molecule has 0 unspecified atom stereocenters. The van der Waals surface area contributed by atoms with E-state index in [1.54, 1.807) is 35.8 Å². The van der Waals surface area contributed by atoms with Crippen molar-refractivity contribution < 1.29 is 14.3 Å². The lowest BCUT2D eigenvalue weighted by molar-refractivity contribution is -0.000534. The molecule has 42 heavy (non-hydrogen) atoms. The molecule has 0 spiro atoms. The molecular weight excluding hydrogens is 530 g/mol. The monoisotopic (exact) mass is 563 g/mol. The molecule has 0 aliphatic carbocycles. The van der Waals surface area contributed by atoms with Gasteiger partial charge in [-0.25, -0.2) is 4.79 Å². The topological polar surface area (TPSA) is 114 Å². The first kappa shape index (κ1) is 27.2. The molecule has 1 saturated heterocycles. The Bertz CT molecular complexity index is 1800. The van der Waals surface area contributed by atoms with Crippen molar-refractivity contribution >= 4 is 45.3 Å². The van der Waals surface area contributed by atoms with E-state index in [-0.39, 0.29) is 17.9 Å². The van der Waals surface area contributed by atoms with Crippen LogP contribution in [0.4, 0.5) is 16.2 Å². The van der Waals surface area contributed by atoms with Gasteiger partial charge in [0.25, 0.3) is 5.91 Å². The van der Waals surface area contributed by atoms with Crippen molar-refractivity contribution in [1.82, 2.24) is 29.7 Å². The predicted octanol–water partition coefficient (Wildman–Crippen LogP) is 5.52. The van der Waals surface area contributed by atoms with Gasteiger partial charge in [0.05, 0.1) is 28.5 Å². The Hall–Kier alpha value is -4.99. The van der Waals surface area contributed by atoms with Crippen molar-refractivity contribution in [1.29, 1.82) is 0 Å². The summed E-state index contributed by atoms with van der Waals surface area (Å²) < 4.78 is 7.51. The SMILES string of the molecule is Cn1ccc2ccc(-c3cc(Nc4cnccc4C(=O)NCC4CN(C(=O)OC(C)(C)C)C4)cc4nccnc34)cc21. The summed E-state index contributed by atoms with van der Waals surface area (Å²) in [6, 6.07) is 14.1. The van der Waals surface area contributed by atoms with Crippen LogP contribution in [-0.2, 0) is 11.8 Å². The van der Waals surface area contributed by atoms with Gasteiger partial charge in [-0.2, -0.15) is 0 Å². The molecule has 2 aromatic carbocycles. The molecule has 10 heteroatoms. The minimum Gasteiger partial charge on any atom is -0.444 e. The minimum atomic E-state index is -0.533. The largest absolute Gasteiger partial charge is 0.444 e. The lowest BCUT2D eigenvalue weighted by Crippen LogP contribution is -2.54. The highest BCUT2D eigenvalue weighted by Crippen LogP contribution is 2.33. The van der Waals surface area contributed by atoms with Crippen LogP contribution in [0.15, 0.2) is 73.4 Å². The number of anilines is 2. The third-order valence-electron chi connectivity index (χ3n) is 7.28. The molecule has 2 N–H and O–H groups in total. The van der Waals surface area contributed by atoms with Crippen LogP contribution in [0.5, 0.6) is 0 Å². The molecule has 5 aromatic rings. The first-order valence-electron chi connectivity index (χ1n) is 13.9. The fraction of sp³-hybridized carbons (Fsp3) is 0.281. The molecule has 1 aliphatic rings. The number of benzene rings is 2. The zero-order chi connectivity index (χ0) is 29.4. The summed E-state index contributed by atoms with van der Waals surface area (Å²) in [5.74, 6) is -0.0477. The van der Waals surface area contributed by atoms with Crippen LogP contribution in [0.1, 0.15) is 31.1 Å². The predicted molar refractivity (Wildman–Crippen MR) is 163 cm³/mol. The van der Waals surface area contributed by atoms with Gasteiger partial charge in [0.15, 0.2) is 0 Å². The van der Waals surface area contributed by atoms with E-state index in [4.69, 9.17) is 4.74 Å². The van der Waals surface area contributed by atoms with Crippen LogP contribution < -0.4 is 10.6 Å². The molecule has 0 bridgehead atoms. The van der Waals surface area contributed by atoms with E-state index in [1.807, 2.05) is 46.1 Å². The maximum Gasteiger partial charge on any atom is 0.410 e. The van der Waals surface area contributed by atoms with Gasteiger partial charge in [-0.15, -0.1) is 0 Å². The first-order chi connectivity index (χ1) is 20.1. The van der Waals surface area contributed by atoms with Gasteiger partial charge in [-0.1, -0.05) is 12.1 Å². The number of nitrogens with one attached hydrogen (secondary N) is 2. The Morgan fingerprint density at radius 3 is 2.64 bits per heavy atom. The second-order valence-electron chi connectivity index (χ2n) is 11.7. The molecular formula is C32H33N7O3. The van der Waals surface area contributed by atoms with Crippen molar-refractivity contribution in [3.05, 3.63) is 79.0 Å². The number of nitrogens with zero attached hydrogens (tertiary/aromatic N) is 5. The van der Waals surface area contributed by atoms with E-state index in [0.717, 1.165) is 38.8 Å². The van der Waals surface area contributed by atoms with E-state index in [1.165, 1.54) is 0 Å². The van der Waals surface area contributed by atoms with Crippen LogP contribution in [-0.4, -0.2) is 61.7 Å². The Morgan fingerprint density at radius 2 is 1.83 bits per heavy atom. The summed E-state index contributed by atoms with van der Waals surface area (Å²) in [5.41, 5.74) is 5.87. The van der Waals surface area contributed by atoms with Crippen LogP contribution in [0, 0.1) is 5.92 Å². The van der Waals surface area contributed by atoms with Crippen LogP contribution >= 0.6 is 0 Å². The number of rotatable bonds is 6. The molecule has 6 rings (SSSR count). The Kier molecular flexibility index (Phi) is 6.97. The molecule has 0 atom stereocenters. The number of pyridine rings is 1. The summed E-state index contributed by atoms with van der Waals surface area (Å²) in [5, 5.41) is 7.57. The van der Waals surface area contributed by atoms with E-state index in [2.05, 4.69) is 54.4 Å². The normalized spacial score (nSPS) is 13.7. The van der Waals surface area contributed by atoms with Gasteiger partial charge < -0.3 is 24.8 Å². The average Bonchev–Trinajstić information content (AvgIpc) is 3.30. The highest BCUT2D eigenvalue weighted by Gasteiger charge is 2.33. The molecule has 214 valence electrons. The fourth-order valence-corrected chi connectivity index (χ4v) is 5.15. The molecule has 1 fully saturated rings. The maximum atomic E-state index is 13.2. The van der Waals surface area contributed by atoms with Crippen molar-refractivity contribution in [3.8, 4) is 11.1 Å². The van der Waals surface area contributed by atoms with Gasteiger partial charge in [-0.05, 0) is 62.1 Å². The molecule has 0 radical (unpaired) electrons. The number of carbonyl (C=O) groups excluding carboxylic acids is 2. The Morgan fingerprint density at radius 1 is 1.02 bits per heavy atom. The highest BCUT2D eigenvalue weighted by molar-refractivity contribution is 6.01. The maximum absolute atomic E-state index is 13.2. The number of hydrogen-bond acceptors (Lipinski definition) is 7. The number of amides is 2. The van der Waals surface area contributed by atoms with Crippen LogP contribution in [0.2, 0.25) is 0 Å². The summed E-state index contributed by atoms with van der Waals surface area (Å²) in [4.78, 5) is 40.5. The average molecular weight is 564 g/mol. The highest BCUT2D eigenvalue weighted by atomic mass is 16.6. The smallest absolute Gasteiger partial charge is 0.410 e. The number of ether oxygens (including phenoxy) is 1. The minimum absolute atomic E-state index is 0.169. The van der Waals surface area contributed by atoms with Crippen LogP contribution in [0.25, 0.3) is 33.1 Å². The third-order valence-corrected chi connectivity index (χ3v) is 7.28. The lowest BCUT2D eigenvalue weighted by atomic mass is 10.0. The standard InChI is InChI=1S/C32H33N7O3/c1-32(2,3)42-31(41)39-18-20(19-39)16-36-30(40)24-7-9-33-17-27(24)37-23-14-25(29-26(15-23)34-10-11-35-29)22-6-5-21-8-12-38(4)28(21)13-22/h5-15,17,20,37H,16,18-19H2,1-4H3,(H,36,40). The van der Waals surface area contributed by atoms with E-state index in [0.29, 0.717) is 30.9 Å². The van der Waals surface area contributed by atoms with Crippen molar-refractivity contribution in [2.75, 3.05) is 25.0 Å². The van der Waals surface area contributed by atoms with Gasteiger partial charge in [0.2, 0.25) is 0 Å². The zero-order valence-corrected chi connectivity index (χ0v) is 24.1. The van der Waals surface area contributed by atoms with Crippen molar-refractivity contribution in [2.45, 2.75) is 26.4 Å². The zero-order valence-electron chi connectivity index (χ0n) is 24.1. The summed E-state index contributed by atoms with van der Waals surface area (Å²) in [6.45, 7) is 7.09. The first-order valence-corrected chi connectivity index (χ1v) is 13.9. The Balaban J connectivity index is 1.20. The summed E-state index contributed by atoms with van der Waals surface area (Å²) >= 11 is 0. The van der Waals surface area contributed by atoms with Gasteiger partial charge in [-0.3, -0.25) is 19.7 Å².